The van der Waals surface area contributed by atoms with Crippen LogP contribution in [0.5, 0.6) is 0 Å². The van der Waals surface area contributed by atoms with Crippen LogP contribution < -0.4 is 5.11 Å². The van der Waals surface area contributed by atoms with Gasteiger partial charge in [0.05, 0.1) is 5.97 Å². The van der Waals surface area contributed by atoms with Crippen molar-refractivity contribution >= 4 is 5.97 Å². The second-order valence-corrected chi connectivity index (χ2v) is 1.65. The first-order valence-corrected chi connectivity index (χ1v) is 2.57. The number of carboxylic acids is 1. The molecule has 0 saturated carbocycles. The fourth-order valence-corrected chi connectivity index (χ4v) is 0.574. The van der Waals surface area contributed by atoms with Crippen molar-refractivity contribution in [1.82, 2.24) is 0 Å². The summed E-state index contributed by atoms with van der Waals surface area (Å²) in [6, 6.07) is 8.06. The summed E-state index contributed by atoms with van der Waals surface area (Å²) in [7, 11) is 0. The number of aromatic carboxylic acids is 1. The first-order chi connectivity index (χ1) is 4.30. The predicted octanol–water partition coefficient (Wildman–Crippen LogP) is 0.0501. The molecule has 0 aliphatic rings. The molecule has 0 saturated heterocycles. The maximum absolute atomic E-state index is 10.1. The van der Waals surface area contributed by atoms with Gasteiger partial charge in [0.25, 0.3) is 0 Å². The van der Waals surface area contributed by atoms with Gasteiger partial charge in [-0.3, -0.25) is 0 Å². The molecule has 0 aromatic heterocycles. The van der Waals surface area contributed by atoms with Crippen LogP contribution >= 0.6 is 0 Å². The summed E-state index contributed by atoms with van der Waals surface area (Å²) in [6.07, 6.45) is 0. The van der Waals surface area contributed by atoms with Crippen LogP contribution in [-0.2, 0) is 0 Å². The van der Waals surface area contributed by atoms with Crippen molar-refractivity contribution in [2.75, 3.05) is 0 Å². The van der Waals surface area contributed by atoms with Crippen molar-refractivity contribution in [3.63, 3.8) is 0 Å². The molecule has 0 aliphatic carbocycles. The molecular formula is C7H5FrO2. The smallest absolute Gasteiger partial charge is 0.545 e. The van der Waals surface area contributed by atoms with Crippen molar-refractivity contribution in [2.24, 2.45) is 0 Å². The molecule has 0 radical (unpaired) electrons. The molecule has 0 fully saturated rings. The molecule has 0 bridgehead atoms. The third-order valence-corrected chi connectivity index (χ3v) is 1.01. The van der Waals surface area contributed by atoms with E-state index >= 15 is 0 Å². The minimum Gasteiger partial charge on any atom is -0.545 e. The summed E-state index contributed by atoms with van der Waals surface area (Å²) in [6.45, 7) is 0. The van der Waals surface area contributed by atoms with Gasteiger partial charge in [0.2, 0.25) is 0 Å². The van der Waals surface area contributed by atoms with E-state index in [1.165, 1.54) is 12.1 Å². The second kappa shape index (κ2) is 5.01. The Balaban J connectivity index is 0.000000810. The van der Waals surface area contributed by atoms with E-state index < -0.39 is 5.97 Å². The molecule has 0 aliphatic heterocycles. The molecule has 46 valence electrons. The van der Waals surface area contributed by atoms with Gasteiger partial charge < -0.3 is 9.90 Å². The number of carboxylic acid groups (broad SMARTS) is 1. The molecule has 0 unspecified atom stereocenters. The average Bonchev–Trinajstić information content (AvgIpc) is 1.90. The molecule has 3 heteroatoms. The van der Waals surface area contributed by atoms with Gasteiger partial charge >= 0.3 is 49.9 Å². The molecule has 1 rings (SSSR count). The van der Waals surface area contributed by atoms with Crippen LogP contribution in [0, 0.1) is 49.9 Å². The maximum atomic E-state index is 10.1. The van der Waals surface area contributed by atoms with Gasteiger partial charge in [-0.05, 0) is 5.56 Å². The minimum atomic E-state index is -1.13. The zero-order valence-corrected chi connectivity index (χ0v) is 13.9. The zero-order chi connectivity index (χ0) is 6.69. The normalized spacial score (nSPS) is 8.00. The summed E-state index contributed by atoms with van der Waals surface area (Å²) in [4.78, 5) is 10.1. The first kappa shape index (κ1) is 10.3. The van der Waals surface area contributed by atoms with E-state index in [0.717, 1.165) is 0 Å². The Morgan fingerprint density at radius 2 is 1.70 bits per heavy atom. The Morgan fingerprint density at radius 1 is 1.20 bits per heavy atom. The molecule has 1 aromatic carbocycles. The third kappa shape index (κ3) is 2.92. The topological polar surface area (TPSA) is 40.1 Å². The van der Waals surface area contributed by atoms with E-state index in [1.807, 2.05) is 0 Å². The van der Waals surface area contributed by atoms with Crippen LogP contribution in [0.25, 0.3) is 0 Å². The summed E-state index contributed by atoms with van der Waals surface area (Å²) < 4.78 is 0. The Kier molecular flexibility index (Phi) is 5.15. The van der Waals surface area contributed by atoms with Crippen LogP contribution in [0.15, 0.2) is 30.3 Å². The molecule has 1 aromatic rings. The first-order valence-electron chi connectivity index (χ1n) is 2.57. The van der Waals surface area contributed by atoms with Crippen LogP contribution in [0.4, 0.5) is 0 Å². The van der Waals surface area contributed by atoms with E-state index in [9.17, 15) is 9.90 Å². The predicted molar refractivity (Wildman–Crippen MR) is 30.8 cm³/mol. The number of carbonyl (C=O) groups is 1. The van der Waals surface area contributed by atoms with Gasteiger partial charge in [-0.1, -0.05) is 30.3 Å². The third-order valence-electron chi connectivity index (χ3n) is 1.01. The van der Waals surface area contributed by atoms with Crippen molar-refractivity contribution < 1.29 is 59.8 Å². The van der Waals surface area contributed by atoms with Gasteiger partial charge in [0, 0.05) is 0 Å². The Morgan fingerprint density at radius 3 is 2.00 bits per heavy atom. The number of carbonyl (C=O) groups excluding carboxylic acids is 1. The molecule has 0 amide bonds. The van der Waals surface area contributed by atoms with E-state index in [-0.39, 0.29) is 55.4 Å². The van der Waals surface area contributed by atoms with Gasteiger partial charge in [-0.25, -0.2) is 0 Å². The number of hydrogen-bond donors (Lipinski definition) is 0. The second-order valence-electron chi connectivity index (χ2n) is 1.65. The van der Waals surface area contributed by atoms with Gasteiger partial charge in [-0.15, -0.1) is 0 Å². The van der Waals surface area contributed by atoms with E-state index in [4.69, 9.17) is 0 Å². The van der Waals surface area contributed by atoms with Crippen molar-refractivity contribution in [1.29, 1.82) is 0 Å². The summed E-state index contributed by atoms with van der Waals surface area (Å²) in [5.74, 6) is -1.13. The molecule has 10 heavy (non-hydrogen) atoms. The molecular weight excluding hydrogens is 339 g/mol. The molecule has 0 N–H and O–H groups in total. The van der Waals surface area contributed by atoms with Gasteiger partial charge in [0.1, 0.15) is 0 Å². The van der Waals surface area contributed by atoms with Crippen molar-refractivity contribution in [2.45, 2.75) is 0 Å². The molecule has 0 atom stereocenters. The fraction of sp³-hybridized carbons (Fsp3) is 0. The number of rotatable bonds is 1. The van der Waals surface area contributed by atoms with Crippen LogP contribution in [-0.4, -0.2) is 5.97 Å². The standard InChI is InChI=1S/C7H6O2.Fr/c8-7(9)6-4-2-1-3-5-6;/h1-5H,(H,8,9);/q;+1/p-1. The summed E-state index contributed by atoms with van der Waals surface area (Å²) in [5.41, 5.74) is 0.220. The number of hydrogen-bond acceptors (Lipinski definition) is 2. The van der Waals surface area contributed by atoms with E-state index in [0.29, 0.717) is 0 Å². The van der Waals surface area contributed by atoms with Gasteiger partial charge in [0.15, 0.2) is 0 Å². The molecule has 2 nitrogen and oxygen atoms in total. The van der Waals surface area contributed by atoms with Crippen LogP contribution in [0.2, 0.25) is 0 Å². The quantitative estimate of drug-likeness (QED) is 0.723. The summed E-state index contributed by atoms with van der Waals surface area (Å²) in [5, 5.41) is 10.1. The van der Waals surface area contributed by atoms with E-state index in [2.05, 4.69) is 0 Å². The maximum Gasteiger partial charge on any atom is 1.00 e. The molecule has 0 spiro atoms. The molecule has 0 heterocycles. The fourth-order valence-electron chi connectivity index (χ4n) is 0.574. The Hall–Kier alpha value is 0.287. The van der Waals surface area contributed by atoms with Crippen molar-refractivity contribution in [3.05, 3.63) is 35.9 Å². The van der Waals surface area contributed by atoms with Crippen LogP contribution in [0.1, 0.15) is 10.4 Å². The SMILES string of the molecule is O=C([O-])c1ccccc1.[Fr+]. The monoisotopic (exact) mass is 344 g/mol. The largest absolute Gasteiger partial charge is 1.00 e. The average molecular weight is 344 g/mol. The van der Waals surface area contributed by atoms with Crippen LogP contribution in [0.3, 0.4) is 0 Å². The van der Waals surface area contributed by atoms with E-state index in [1.54, 1.807) is 18.2 Å². The Bertz CT molecular complexity index is 208. The van der Waals surface area contributed by atoms with Gasteiger partial charge in [-0.2, -0.15) is 0 Å². The minimum absolute atomic E-state index is 0. The Labute approximate surface area is 100 Å². The number of benzene rings is 1. The zero-order valence-electron chi connectivity index (χ0n) is 5.70. The summed E-state index contributed by atoms with van der Waals surface area (Å²) >= 11 is 0. The van der Waals surface area contributed by atoms with Crippen molar-refractivity contribution in [3.8, 4) is 0 Å².